The molecule has 202 valence electrons. The first-order chi connectivity index (χ1) is 17.6. The molecule has 1 N–H and O–H groups in total. The highest BCUT2D eigenvalue weighted by molar-refractivity contribution is 7.89. The van der Waals surface area contributed by atoms with E-state index in [2.05, 4.69) is 19.6 Å². The Morgan fingerprint density at radius 3 is 2.68 bits per heavy atom. The molecule has 2 aromatic carbocycles. The minimum absolute atomic E-state index is 0.00648. The van der Waals surface area contributed by atoms with Crippen molar-refractivity contribution in [2.45, 2.75) is 37.2 Å². The minimum Gasteiger partial charge on any atom is -0.379 e. The summed E-state index contributed by atoms with van der Waals surface area (Å²) in [6, 6.07) is 10.3. The molecule has 0 fully saturated rings. The quantitative estimate of drug-likeness (QED) is 0.154. The van der Waals surface area contributed by atoms with E-state index in [1.807, 2.05) is 33.0 Å². The zero-order valence-corrected chi connectivity index (χ0v) is 23.6. The second-order valence-corrected chi connectivity index (χ2v) is 11.9. The maximum absolute atomic E-state index is 13.4. The maximum Gasteiger partial charge on any atom is 0.240 e. The molecular weight excluding hydrogens is 537 g/mol. The summed E-state index contributed by atoms with van der Waals surface area (Å²) in [4.78, 5) is 5.02. The van der Waals surface area contributed by atoms with E-state index in [0.717, 1.165) is 16.7 Å². The van der Waals surface area contributed by atoms with Gasteiger partial charge in [-0.05, 0) is 59.5 Å². The van der Waals surface area contributed by atoms with Gasteiger partial charge in [0.1, 0.15) is 0 Å². The largest absolute Gasteiger partial charge is 0.379 e. The highest BCUT2D eigenvalue weighted by Crippen LogP contribution is 2.38. The predicted molar refractivity (Wildman–Crippen MR) is 146 cm³/mol. The number of hydrogen-bond donors (Lipinski definition) is 1. The summed E-state index contributed by atoms with van der Waals surface area (Å²) in [6.45, 7) is 6.69. The summed E-state index contributed by atoms with van der Waals surface area (Å²) in [5.41, 5.74) is 11.2. The van der Waals surface area contributed by atoms with E-state index < -0.39 is 16.1 Å². The molecule has 1 heterocycles. The second kappa shape index (κ2) is 13.8. The monoisotopic (exact) mass is 569 g/mol. The van der Waals surface area contributed by atoms with E-state index in [-0.39, 0.29) is 29.9 Å². The zero-order valence-electron chi connectivity index (χ0n) is 21.2. The van der Waals surface area contributed by atoms with Crippen molar-refractivity contribution in [1.82, 2.24) is 9.62 Å². The molecule has 3 rings (SSSR count). The molecule has 2 atom stereocenters. The predicted octanol–water partition coefficient (Wildman–Crippen LogP) is 5.22. The van der Waals surface area contributed by atoms with Gasteiger partial charge in [-0.1, -0.05) is 54.3 Å². The minimum atomic E-state index is -3.80. The lowest BCUT2D eigenvalue weighted by molar-refractivity contribution is 0.0393. The summed E-state index contributed by atoms with van der Waals surface area (Å²) in [5, 5.41) is 4.57. The first-order valence-electron chi connectivity index (χ1n) is 12.1. The molecule has 0 saturated carbocycles. The number of benzene rings is 2. The van der Waals surface area contributed by atoms with Gasteiger partial charge < -0.3 is 14.4 Å². The molecule has 9 nitrogen and oxygen atoms in total. The number of hydrogen-bond acceptors (Lipinski definition) is 6. The Morgan fingerprint density at radius 1 is 1.19 bits per heavy atom. The topological polar surface area (TPSA) is 117 Å². The molecule has 0 saturated heterocycles. The Hall–Kier alpha value is -1.88. The lowest BCUT2D eigenvalue weighted by Gasteiger charge is -2.33. The molecule has 0 aliphatic carbocycles. The van der Waals surface area contributed by atoms with Crippen LogP contribution in [-0.2, 0) is 26.0 Å². The molecule has 1 aliphatic rings. The highest BCUT2D eigenvalue weighted by atomic mass is 35.5. The lowest BCUT2D eigenvalue weighted by Crippen LogP contribution is -2.42. The Kier molecular flexibility index (Phi) is 11.0. The fraction of sp³-hybridized carbons (Fsp3) is 0.520. The van der Waals surface area contributed by atoms with E-state index in [1.54, 1.807) is 24.3 Å². The van der Waals surface area contributed by atoms with Crippen LogP contribution in [0.2, 0.25) is 10.0 Å². The molecule has 0 radical (unpaired) electrons. The summed E-state index contributed by atoms with van der Waals surface area (Å²) >= 11 is 12.8. The van der Waals surface area contributed by atoms with E-state index in [9.17, 15) is 8.42 Å². The van der Waals surface area contributed by atoms with Crippen molar-refractivity contribution in [2.75, 3.05) is 46.6 Å². The van der Waals surface area contributed by atoms with Crippen molar-refractivity contribution in [3.05, 3.63) is 73.6 Å². The number of likely N-dealkylation sites (N-methyl/N-ethyl adjacent to an activating group) is 1. The fourth-order valence-corrected chi connectivity index (χ4v) is 6.23. The van der Waals surface area contributed by atoms with Crippen LogP contribution in [0.25, 0.3) is 10.4 Å². The van der Waals surface area contributed by atoms with Crippen LogP contribution in [-0.4, -0.2) is 65.9 Å². The SMILES string of the molecule is CC(C)C(COCCOCCN=[N+]=[N-])NS(=O)(=O)c1cccc([C@@H]2CN(C)Cc3c(Cl)cc(Cl)cc32)c1. The van der Waals surface area contributed by atoms with Gasteiger partial charge in [0.15, 0.2) is 0 Å². The summed E-state index contributed by atoms with van der Waals surface area (Å²) in [7, 11) is -1.79. The Labute approximate surface area is 228 Å². The fourth-order valence-electron chi connectivity index (χ4n) is 4.24. The first-order valence-corrected chi connectivity index (χ1v) is 14.3. The van der Waals surface area contributed by atoms with E-state index in [4.69, 9.17) is 38.2 Å². The van der Waals surface area contributed by atoms with Crippen LogP contribution < -0.4 is 4.72 Å². The van der Waals surface area contributed by atoms with Crippen LogP contribution in [0, 0.1) is 5.92 Å². The van der Waals surface area contributed by atoms with Gasteiger partial charge >= 0.3 is 0 Å². The smallest absolute Gasteiger partial charge is 0.240 e. The normalized spacial score (nSPS) is 16.9. The van der Waals surface area contributed by atoms with Gasteiger partial charge in [0, 0.05) is 46.6 Å². The molecule has 1 unspecified atom stereocenters. The lowest BCUT2D eigenvalue weighted by atomic mass is 9.85. The van der Waals surface area contributed by atoms with Gasteiger partial charge in [-0.3, -0.25) is 0 Å². The van der Waals surface area contributed by atoms with E-state index >= 15 is 0 Å². The van der Waals surface area contributed by atoms with Crippen molar-refractivity contribution in [3.8, 4) is 0 Å². The molecule has 37 heavy (non-hydrogen) atoms. The third kappa shape index (κ3) is 8.30. The number of sulfonamides is 1. The zero-order chi connectivity index (χ0) is 27.0. The average Bonchev–Trinajstić information content (AvgIpc) is 2.85. The number of ether oxygens (including phenoxy) is 2. The molecule has 0 aromatic heterocycles. The Morgan fingerprint density at radius 2 is 1.95 bits per heavy atom. The number of rotatable bonds is 13. The molecule has 2 aromatic rings. The van der Waals surface area contributed by atoms with Gasteiger partial charge in [-0.15, -0.1) is 0 Å². The van der Waals surface area contributed by atoms with Gasteiger partial charge in [-0.25, -0.2) is 13.1 Å². The molecule has 0 spiro atoms. The molecule has 0 bridgehead atoms. The van der Waals surface area contributed by atoms with Crippen LogP contribution in [0.4, 0.5) is 0 Å². The van der Waals surface area contributed by atoms with E-state index in [1.165, 1.54) is 0 Å². The standard InChI is InChI=1S/C25H33Cl2N5O4S/c1-17(2)25(16-36-10-9-35-8-7-29-31-28)30-37(33,34)20-6-4-5-18(11-20)22-14-32(3)15-23-21(22)12-19(26)13-24(23)27/h4-6,11-13,17,22,25,30H,7-10,14-16H2,1-3H3/t22-,25?/m0/s1. The first kappa shape index (κ1) is 29.7. The number of fused-ring (bicyclic) bond motifs is 1. The summed E-state index contributed by atoms with van der Waals surface area (Å²) in [6.07, 6.45) is 0. The van der Waals surface area contributed by atoms with Crippen LogP contribution in [0.3, 0.4) is 0 Å². The number of nitrogens with one attached hydrogen (secondary N) is 1. The van der Waals surface area contributed by atoms with Crippen molar-refractivity contribution < 1.29 is 17.9 Å². The number of azide groups is 1. The van der Waals surface area contributed by atoms with Gasteiger partial charge in [-0.2, -0.15) is 0 Å². The van der Waals surface area contributed by atoms with Crippen LogP contribution in [0.15, 0.2) is 46.4 Å². The Balaban J connectivity index is 1.71. The highest BCUT2D eigenvalue weighted by Gasteiger charge is 2.29. The number of halogens is 2. The number of nitrogens with zero attached hydrogens (tertiary/aromatic N) is 4. The molecular formula is C25H33Cl2N5O4S. The van der Waals surface area contributed by atoms with Crippen molar-refractivity contribution >= 4 is 33.2 Å². The third-order valence-electron chi connectivity index (χ3n) is 6.24. The second-order valence-electron chi connectivity index (χ2n) is 9.39. The van der Waals surface area contributed by atoms with Crippen molar-refractivity contribution in [1.29, 1.82) is 0 Å². The van der Waals surface area contributed by atoms with Crippen molar-refractivity contribution in [3.63, 3.8) is 0 Å². The maximum atomic E-state index is 13.4. The molecule has 1 aliphatic heterocycles. The van der Waals surface area contributed by atoms with Gasteiger partial charge in [0.05, 0.1) is 31.3 Å². The van der Waals surface area contributed by atoms with E-state index in [0.29, 0.717) is 43.0 Å². The molecule has 0 amide bonds. The van der Waals surface area contributed by atoms with Crippen LogP contribution in [0.5, 0.6) is 0 Å². The van der Waals surface area contributed by atoms with Crippen LogP contribution in [0.1, 0.15) is 36.5 Å². The van der Waals surface area contributed by atoms with Crippen LogP contribution >= 0.6 is 23.2 Å². The molecule has 12 heteroatoms. The van der Waals surface area contributed by atoms with Crippen molar-refractivity contribution in [2.24, 2.45) is 11.0 Å². The Bertz CT molecular complexity index is 1220. The van der Waals surface area contributed by atoms with Gasteiger partial charge in [0.25, 0.3) is 0 Å². The summed E-state index contributed by atoms with van der Waals surface area (Å²) in [5.74, 6) is -0.0600. The average molecular weight is 571 g/mol. The van der Waals surface area contributed by atoms with Gasteiger partial charge in [0.2, 0.25) is 10.0 Å². The third-order valence-corrected chi connectivity index (χ3v) is 8.29. The summed E-state index contributed by atoms with van der Waals surface area (Å²) < 4.78 is 40.5.